The third-order valence-electron chi connectivity index (χ3n) is 4.12. The van der Waals surface area contributed by atoms with Crippen LogP contribution in [-0.4, -0.2) is 32.9 Å². The quantitative estimate of drug-likeness (QED) is 0.860. The van der Waals surface area contributed by atoms with Crippen LogP contribution in [0.1, 0.15) is 24.3 Å². The van der Waals surface area contributed by atoms with Crippen LogP contribution in [0.25, 0.3) is 0 Å². The summed E-state index contributed by atoms with van der Waals surface area (Å²) < 4.78 is 32.5. The molecule has 0 bridgehead atoms. The summed E-state index contributed by atoms with van der Waals surface area (Å²) in [6.07, 6.45) is 1.65. The lowest BCUT2D eigenvalue weighted by Gasteiger charge is -2.31. The average molecular weight is 337 g/mol. The second-order valence-electron chi connectivity index (χ2n) is 5.35. The Morgan fingerprint density at radius 3 is 2.50 bits per heavy atom. The molecule has 2 aromatic rings. The molecule has 2 heterocycles. The first-order valence-electron chi connectivity index (χ1n) is 7.29. The molecule has 0 aliphatic carbocycles. The number of hydrogen-bond acceptors (Lipinski definition) is 4. The van der Waals surface area contributed by atoms with Gasteiger partial charge in [-0.3, -0.25) is 0 Å². The summed E-state index contributed by atoms with van der Waals surface area (Å²) in [6.45, 7) is 1.12. The molecule has 1 aromatic heterocycles. The van der Waals surface area contributed by atoms with Gasteiger partial charge in [-0.15, -0.1) is 11.3 Å². The monoisotopic (exact) mass is 337 g/mol. The standard InChI is InChI=1S/C16H19NO3S2/c1-20-15-6-3-2-5-14(15)13-8-10-17(11-9-13)22(18,19)16-7-4-12-21-16/h2-7,12-13H,8-11H2,1H3. The molecule has 0 atom stereocenters. The predicted molar refractivity (Wildman–Crippen MR) is 88.0 cm³/mol. The van der Waals surface area contributed by atoms with Gasteiger partial charge in [-0.25, -0.2) is 8.42 Å². The van der Waals surface area contributed by atoms with Crippen LogP contribution in [-0.2, 0) is 10.0 Å². The van der Waals surface area contributed by atoms with E-state index in [1.807, 2.05) is 18.2 Å². The minimum atomic E-state index is -3.32. The van der Waals surface area contributed by atoms with Gasteiger partial charge in [-0.1, -0.05) is 24.3 Å². The maximum atomic E-state index is 12.5. The molecule has 1 aromatic carbocycles. The van der Waals surface area contributed by atoms with Crippen LogP contribution in [0.4, 0.5) is 0 Å². The van der Waals surface area contributed by atoms with Crippen molar-refractivity contribution in [1.29, 1.82) is 0 Å². The fraction of sp³-hybridized carbons (Fsp3) is 0.375. The molecule has 4 nitrogen and oxygen atoms in total. The van der Waals surface area contributed by atoms with E-state index in [-0.39, 0.29) is 0 Å². The maximum absolute atomic E-state index is 12.5. The summed E-state index contributed by atoms with van der Waals surface area (Å²) in [5, 5.41) is 1.80. The number of benzene rings is 1. The van der Waals surface area contributed by atoms with Crippen LogP contribution in [0.2, 0.25) is 0 Å². The predicted octanol–water partition coefficient (Wildman–Crippen LogP) is 3.33. The zero-order valence-electron chi connectivity index (χ0n) is 12.4. The van der Waals surface area contributed by atoms with Gasteiger partial charge in [0.25, 0.3) is 10.0 Å². The van der Waals surface area contributed by atoms with Crippen molar-refractivity contribution in [1.82, 2.24) is 4.31 Å². The molecule has 1 fully saturated rings. The van der Waals surface area contributed by atoms with Crippen molar-refractivity contribution in [2.45, 2.75) is 23.0 Å². The number of para-hydroxylation sites is 1. The Morgan fingerprint density at radius 1 is 1.14 bits per heavy atom. The van der Waals surface area contributed by atoms with Crippen molar-refractivity contribution in [2.24, 2.45) is 0 Å². The van der Waals surface area contributed by atoms with Gasteiger partial charge in [0.15, 0.2) is 0 Å². The van der Waals surface area contributed by atoms with Crippen LogP contribution in [0.3, 0.4) is 0 Å². The number of thiophene rings is 1. The van der Waals surface area contributed by atoms with Crippen molar-refractivity contribution in [3.8, 4) is 5.75 Å². The molecular formula is C16H19NO3S2. The Bertz CT molecular complexity index is 718. The second kappa shape index (κ2) is 6.40. The van der Waals surface area contributed by atoms with E-state index in [1.54, 1.807) is 28.9 Å². The molecule has 0 N–H and O–H groups in total. The highest BCUT2D eigenvalue weighted by Gasteiger charge is 2.31. The normalized spacial score (nSPS) is 17.5. The molecule has 22 heavy (non-hydrogen) atoms. The van der Waals surface area contributed by atoms with Crippen molar-refractivity contribution < 1.29 is 13.2 Å². The minimum absolute atomic E-state index is 0.353. The SMILES string of the molecule is COc1ccccc1C1CCN(S(=O)(=O)c2cccs2)CC1. The van der Waals surface area contributed by atoms with E-state index in [1.165, 1.54) is 16.9 Å². The lowest BCUT2D eigenvalue weighted by molar-refractivity contribution is 0.313. The van der Waals surface area contributed by atoms with Crippen molar-refractivity contribution in [3.63, 3.8) is 0 Å². The van der Waals surface area contributed by atoms with E-state index in [0.717, 1.165) is 18.6 Å². The van der Waals surface area contributed by atoms with Crippen LogP contribution >= 0.6 is 11.3 Å². The largest absolute Gasteiger partial charge is 0.496 e. The van der Waals surface area contributed by atoms with Gasteiger partial charge in [0, 0.05) is 13.1 Å². The third-order valence-corrected chi connectivity index (χ3v) is 7.39. The fourth-order valence-corrected chi connectivity index (χ4v) is 5.56. The van der Waals surface area contributed by atoms with Gasteiger partial charge in [0.2, 0.25) is 0 Å². The van der Waals surface area contributed by atoms with Crippen molar-refractivity contribution in [2.75, 3.05) is 20.2 Å². The number of methoxy groups -OCH3 is 1. The molecule has 1 aliphatic rings. The number of ether oxygens (including phenoxy) is 1. The van der Waals surface area contributed by atoms with E-state index in [9.17, 15) is 8.42 Å². The molecule has 1 saturated heterocycles. The second-order valence-corrected chi connectivity index (χ2v) is 8.46. The molecule has 118 valence electrons. The van der Waals surface area contributed by atoms with Gasteiger partial charge < -0.3 is 4.74 Å². The summed E-state index contributed by atoms with van der Waals surface area (Å²) in [6, 6.07) is 11.5. The third kappa shape index (κ3) is 2.91. The smallest absolute Gasteiger partial charge is 0.252 e. The maximum Gasteiger partial charge on any atom is 0.252 e. The first-order chi connectivity index (χ1) is 10.6. The van der Waals surface area contributed by atoms with E-state index in [2.05, 4.69) is 6.07 Å². The van der Waals surface area contributed by atoms with Crippen LogP contribution in [0.5, 0.6) is 5.75 Å². The Balaban J connectivity index is 1.73. The summed E-state index contributed by atoms with van der Waals surface area (Å²) in [4.78, 5) is 0. The fourth-order valence-electron chi connectivity index (χ4n) is 2.95. The van der Waals surface area contributed by atoms with Crippen molar-refractivity contribution in [3.05, 3.63) is 47.3 Å². The number of hydrogen-bond donors (Lipinski definition) is 0. The lowest BCUT2D eigenvalue weighted by atomic mass is 9.89. The molecule has 6 heteroatoms. The van der Waals surface area contributed by atoms with E-state index >= 15 is 0 Å². The summed E-state index contributed by atoms with van der Waals surface area (Å²) in [7, 11) is -1.64. The van der Waals surface area contributed by atoms with Crippen molar-refractivity contribution >= 4 is 21.4 Å². The highest BCUT2D eigenvalue weighted by Crippen LogP contribution is 2.35. The highest BCUT2D eigenvalue weighted by molar-refractivity contribution is 7.91. The molecule has 0 radical (unpaired) electrons. The van der Waals surface area contributed by atoms with E-state index in [0.29, 0.717) is 23.2 Å². The lowest BCUT2D eigenvalue weighted by Crippen LogP contribution is -2.37. The summed E-state index contributed by atoms with van der Waals surface area (Å²) in [5.41, 5.74) is 1.18. The van der Waals surface area contributed by atoms with Gasteiger partial charge >= 0.3 is 0 Å². The molecule has 3 rings (SSSR count). The average Bonchev–Trinajstić information content (AvgIpc) is 3.10. The van der Waals surface area contributed by atoms with Gasteiger partial charge in [0.05, 0.1) is 7.11 Å². The topological polar surface area (TPSA) is 46.6 Å². The molecular weight excluding hydrogens is 318 g/mol. The Kier molecular flexibility index (Phi) is 4.52. The Labute approximate surface area is 135 Å². The van der Waals surface area contributed by atoms with Gasteiger partial charge in [0.1, 0.15) is 9.96 Å². The van der Waals surface area contributed by atoms with Crippen LogP contribution in [0, 0.1) is 0 Å². The minimum Gasteiger partial charge on any atom is -0.496 e. The number of sulfonamides is 1. The number of rotatable bonds is 4. The number of piperidine rings is 1. The Morgan fingerprint density at radius 2 is 1.86 bits per heavy atom. The number of nitrogens with zero attached hydrogens (tertiary/aromatic N) is 1. The molecule has 0 amide bonds. The molecule has 0 saturated carbocycles. The zero-order valence-corrected chi connectivity index (χ0v) is 14.1. The van der Waals surface area contributed by atoms with Gasteiger partial charge in [-0.2, -0.15) is 4.31 Å². The summed E-state index contributed by atoms with van der Waals surface area (Å²) in [5.74, 6) is 1.24. The molecule has 0 unspecified atom stereocenters. The molecule has 1 aliphatic heterocycles. The molecule has 0 spiro atoms. The highest BCUT2D eigenvalue weighted by atomic mass is 32.2. The van der Waals surface area contributed by atoms with E-state index < -0.39 is 10.0 Å². The van der Waals surface area contributed by atoms with Gasteiger partial charge in [-0.05, 0) is 41.8 Å². The first-order valence-corrected chi connectivity index (χ1v) is 9.61. The van der Waals surface area contributed by atoms with Crippen LogP contribution in [0.15, 0.2) is 46.0 Å². The Hall–Kier alpha value is -1.37. The van der Waals surface area contributed by atoms with E-state index in [4.69, 9.17) is 4.74 Å². The zero-order chi connectivity index (χ0) is 15.6. The van der Waals surface area contributed by atoms with Crippen LogP contribution < -0.4 is 4.74 Å². The summed E-state index contributed by atoms with van der Waals surface area (Å²) >= 11 is 1.28. The first kappa shape index (κ1) is 15.5.